The molecule has 0 amide bonds. The molecule has 0 bridgehead atoms. The third kappa shape index (κ3) is 10.7. The first-order valence-corrected chi connectivity index (χ1v) is 14.0. The number of anilines is 1. The average molecular weight is 502 g/mol. The van der Waals surface area contributed by atoms with Crippen LogP contribution in [0.2, 0.25) is 0 Å². The Bertz CT molecular complexity index is 1010. The maximum atomic E-state index is 12.5. The Morgan fingerprint density at radius 3 is 2.03 bits per heavy atom. The highest BCUT2D eigenvalue weighted by atomic mass is 32.2. The summed E-state index contributed by atoms with van der Waals surface area (Å²) in [6.45, 7) is 1.08. The molecule has 0 fully saturated rings. The summed E-state index contributed by atoms with van der Waals surface area (Å²) in [7, 11) is 0.214. The van der Waals surface area contributed by atoms with Crippen LogP contribution in [0.25, 0.3) is 12.2 Å². The lowest BCUT2D eigenvalue weighted by atomic mass is 10.1. The SMILES string of the molecule is COC(=O)CCCCCN(C)c1ccc(C=Cc2ccc(S(=O)(=O)CCCCCCO)cc2)cc1. The zero-order valence-corrected chi connectivity index (χ0v) is 21.8. The Morgan fingerprint density at radius 1 is 0.857 bits per heavy atom. The molecule has 6 nitrogen and oxygen atoms in total. The number of carbonyl (C=O) groups is 1. The van der Waals surface area contributed by atoms with Gasteiger partial charge in [0.1, 0.15) is 0 Å². The van der Waals surface area contributed by atoms with Gasteiger partial charge in [0.15, 0.2) is 9.84 Å². The Morgan fingerprint density at radius 2 is 1.43 bits per heavy atom. The standard InChI is InChI=1S/C28H39NO5S/c1-29(21-7-5-6-10-28(31)34-2)26-17-13-24(14-18-26)11-12-25-15-19-27(20-16-25)35(32,33)23-9-4-3-8-22-30/h11-20,30H,3-10,21-23H2,1-2H3. The van der Waals surface area contributed by atoms with Crippen LogP contribution in [0.4, 0.5) is 5.69 Å². The molecule has 0 unspecified atom stereocenters. The van der Waals surface area contributed by atoms with Crippen LogP contribution in [0.15, 0.2) is 53.4 Å². The second-order valence-electron chi connectivity index (χ2n) is 8.76. The molecule has 2 rings (SSSR count). The van der Waals surface area contributed by atoms with Gasteiger partial charge in [-0.1, -0.05) is 55.7 Å². The van der Waals surface area contributed by atoms with Gasteiger partial charge in [-0.05, 0) is 61.1 Å². The number of sulfone groups is 1. The number of ether oxygens (including phenoxy) is 1. The number of hydrogen-bond donors (Lipinski definition) is 1. The number of esters is 1. The lowest BCUT2D eigenvalue weighted by Gasteiger charge is -2.19. The number of aliphatic hydroxyl groups is 1. The molecule has 192 valence electrons. The highest BCUT2D eigenvalue weighted by Gasteiger charge is 2.13. The Kier molecular flexibility index (Phi) is 12.6. The summed E-state index contributed by atoms with van der Waals surface area (Å²) < 4.78 is 29.6. The third-order valence-electron chi connectivity index (χ3n) is 5.96. The van der Waals surface area contributed by atoms with Gasteiger partial charge in [-0.3, -0.25) is 4.79 Å². The zero-order valence-electron chi connectivity index (χ0n) is 21.0. The van der Waals surface area contributed by atoms with Crippen molar-refractivity contribution in [2.24, 2.45) is 0 Å². The lowest BCUT2D eigenvalue weighted by Crippen LogP contribution is -2.18. The normalized spacial score (nSPS) is 11.6. The monoisotopic (exact) mass is 501 g/mol. The van der Waals surface area contributed by atoms with Gasteiger partial charge in [-0.25, -0.2) is 8.42 Å². The molecule has 2 aromatic carbocycles. The number of nitrogens with zero attached hydrogens (tertiary/aromatic N) is 1. The molecule has 0 aliphatic carbocycles. The summed E-state index contributed by atoms with van der Waals surface area (Å²) in [4.78, 5) is 13.7. The maximum Gasteiger partial charge on any atom is 0.305 e. The van der Waals surface area contributed by atoms with Crippen molar-refractivity contribution in [3.63, 3.8) is 0 Å². The third-order valence-corrected chi connectivity index (χ3v) is 7.78. The van der Waals surface area contributed by atoms with Gasteiger partial charge in [0.05, 0.1) is 17.8 Å². The molecule has 7 heteroatoms. The van der Waals surface area contributed by atoms with E-state index in [0.29, 0.717) is 17.7 Å². The average Bonchev–Trinajstić information content (AvgIpc) is 2.87. The zero-order chi connectivity index (χ0) is 25.5. The van der Waals surface area contributed by atoms with E-state index in [4.69, 9.17) is 5.11 Å². The molecule has 0 aliphatic heterocycles. The van der Waals surface area contributed by atoms with E-state index in [9.17, 15) is 13.2 Å². The van der Waals surface area contributed by atoms with Crippen molar-refractivity contribution in [2.45, 2.75) is 56.3 Å². The van der Waals surface area contributed by atoms with Gasteiger partial charge in [0.25, 0.3) is 0 Å². The van der Waals surface area contributed by atoms with Crippen molar-refractivity contribution < 1.29 is 23.1 Å². The molecule has 0 atom stereocenters. The maximum absolute atomic E-state index is 12.5. The van der Waals surface area contributed by atoms with Gasteiger partial charge in [0, 0.05) is 32.3 Å². The number of aliphatic hydroxyl groups excluding tert-OH is 1. The van der Waals surface area contributed by atoms with Crippen molar-refractivity contribution >= 4 is 33.6 Å². The van der Waals surface area contributed by atoms with Crippen molar-refractivity contribution in [3.8, 4) is 0 Å². The summed E-state index contributed by atoms with van der Waals surface area (Å²) in [6, 6.07) is 15.3. The van der Waals surface area contributed by atoms with E-state index >= 15 is 0 Å². The van der Waals surface area contributed by atoms with Crippen LogP contribution in [0, 0.1) is 0 Å². The van der Waals surface area contributed by atoms with Crippen LogP contribution in [0.5, 0.6) is 0 Å². The van der Waals surface area contributed by atoms with E-state index in [1.807, 2.05) is 24.3 Å². The summed E-state index contributed by atoms with van der Waals surface area (Å²) >= 11 is 0. The molecule has 0 aromatic heterocycles. The lowest BCUT2D eigenvalue weighted by molar-refractivity contribution is -0.140. The van der Waals surface area contributed by atoms with Crippen LogP contribution in [-0.4, -0.2) is 52.6 Å². The molecule has 0 aliphatic rings. The van der Waals surface area contributed by atoms with Crippen LogP contribution in [0.3, 0.4) is 0 Å². The van der Waals surface area contributed by atoms with Crippen LogP contribution in [0.1, 0.15) is 62.5 Å². The van der Waals surface area contributed by atoms with E-state index in [-0.39, 0.29) is 18.3 Å². The first kappa shape index (κ1) is 28.6. The van der Waals surface area contributed by atoms with Gasteiger partial charge in [0.2, 0.25) is 0 Å². The molecule has 0 heterocycles. The number of benzene rings is 2. The van der Waals surface area contributed by atoms with Gasteiger partial charge in [-0.2, -0.15) is 0 Å². The minimum Gasteiger partial charge on any atom is -0.469 e. The number of unbranched alkanes of at least 4 members (excludes halogenated alkanes) is 5. The van der Waals surface area contributed by atoms with Gasteiger partial charge in [-0.15, -0.1) is 0 Å². The number of carbonyl (C=O) groups excluding carboxylic acids is 1. The van der Waals surface area contributed by atoms with E-state index in [2.05, 4.69) is 40.9 Å². The number of rotatable bonds is 16. The minimum atomic E-state index is -3.27. The van der Waals surface area contributed by atoms with E-state index in [1.165, 1.54) is 7.11 Å². The predicted octanol–water partition coefficient (Wildman–Crippen LogP) is 5.35. The molecule has 35 heavy (non-hydrogen) atoms. The fraction of sp³-hybridized carbons (Fsp3) is 0.464. The number of methoxy groups -OCH3 is 1. The van der Waals surface area contributed by atoms with E-state index in [1.54, 1.807) is 12.1 Å². The first-order chi connectivity index (χ1) is 16.9. The van der Waals surface area contributed by atoms with Crippen molar-refractivity contribution in [1.29, 1.82) is 0 Å². The Hall–Kier alpha value is -2.64. The van der Waals surface area contributed by atoms with Crippen LogP contribution in [-0.2, 0) is 19.4 Å². The second-order valence-corrected chi connectivity index (χ2v) is 10.9. The highest BCUT2D eigenvalue weighted by Crippen LogP contribution is 2.19. The van der Waals surface area contributed by atoms with Crippen molar-refractivity contribution in [1.82, 2.24) is 0 Å². The van der Waals surface area contributed by atoms with E-state index < -0.39 is 9.84 Å². The van der Waals surface area contributed by atoms with Gasteiger partial charge < -0.3 is 14.7 Å². The van der Waals surface area contributed by atoms with Gasteiger partial charge >= 0.3 is 5.97 Å². The smallest absolute Gasteiger partial charge is 0.305 e. The largest absolute Gasteiger partial charge is 0.469 e. The fourth-order valence-corrected chi connectivity index (χ4v) is 5.09. The Balaban J connectivity index is 1.82. The molecule has 0 spiro atoms. The molecule has 0 saturated carbocycles. The fourth-order valence-electron chi connectivity index (χ4n) is 3.72. The summed E-state index contributed by atoms with van der Waals surface area (Å²) in [5.74, 6) is -0.00809. The highest BCUT2D eigenvalue weighted by molar-refractivity contribution is 7.91. The topological polar surface area (TPSA) is 83.9 Å². The van der Waals surface area contributed by atoms with Crippen LogP contribution >= 0.6 is 0 Å². The predicted molar refractivity (Wildman–Crippen MR) is 143 cm³/mol. The summed E-state index contributed by atoms with van der Waals surface area (Å²) in [6.07, 6.45) is 10.3. The molecular weight excluding hydrogens is 462 g/mol. The summed E-state index contributed by atoms with van der Waals surface area (Å²) in [5.41, 5.74) is 3.15. The number of hydrogen-bond acceptors (Lipinski definition) is 6. The van der Waals surface area contributed by atoms with Crippen LogP contribution < -0.4 is 4.90 Å². The first-order valence-electron chi connectivity index (χ1n) is 12.4. The van der Waals surface area contributed by atoms with E-state index in [0.717, 1.165) is 61.9 Å². The summed E-state index contributed by atoms with van der Waals surface area (Å²) in [5, 5.41) is 8.81. The molecule has 0 saturated heterocycles. The molecular formula is C28H39NO5S. The second kappa shape index (κ2) is 15.4. The molecule has 0 radical (unpaired) electrons. The van der Waals surface area contributed by atoms with Crippen molar-refractivity contribution in [2.75, 3.05) is 38.0 Å². The molecule has 2 aromatic rings. The quantitative estimate of drug-likeness (QED) is 0.190. The molecule has 1 N–H and O–H groups in total. The van der Waals surface area contributed by atoms with Crippen molar-refractivity contribution in [3.05, 3.63) is 59.7 Å². The minimum absolute atomic E-state index is 0.141. The Labute approximate surface area is 210 Å².